The van der Waals surface area contributed by atoms with E-state index in [4.69, 9.17) is 0 Å². The number of carbonyl (C=O) groups excluding carboxylic acids is 1. The number of carbonyl (C=O) groups is 1. The van der Waals surface area contributed by atoms with E-state index in [9.17, 15) is 4.79 Å². The zero-order chi connectivity index (χ0) is 14.5. The topological polar surface area (TPSA) is 30.0 Å². The average molecular weight is 271 g/mol. The molecule has 0 aliphatic carbocycles. The Kier molecular flexibility index (Phi) is 9.23. The first-order chi connectivity index (χ1) is 9.86. The van der Waals surface area contributed by atoms with E-state index in [0.717, 1.165) is 18.3 Å². The van der Waals surface area contributed by atoms with Crippen LogP contribution in [0.4, 0.5) is 0 Å². The number of hydrogen-bond acceptors (Lipinski definition) is 2. The van der Waals surface area contributed by atoms with Crippen molar-refractivity contribution in [1.82, 2.24) is 4.98 Å². The van der Waals surface area contributed by atoms with E-state index in [0.29, 0.717) is 5.69 Å². The molecule has 0 fully saturated rings. The Morgan fingerprint density at radius 2 is 1.75 bits per heavy atom. The zero-order valence-corrected chi connectivity index (χ0v) is 12.5. The molecule has 1 aromatic heterocycles. The molecule has 0 spiro atoms. The SMILES string of the molecule is CCCCCCCCCCC#Cc1ccc(C=O)nc1. The molecule has 0 amide bonds. The molecule has 20 heavy (non-hydrogen) atoms. The highest BCUT2D eigenvalue weighted by atomic mass is 16.1. The van der Waals surface area contributed by atoms with Gasteiger partial charge in [0, 0.05) is 18.2 Å². The molecule has 0 saturated carbocycles. The Hall–Kier alpha value is -1.62. The van der Waals surface area contributed by atoms with Crippen LogP contribution < -0.4 is 0 Å². The molecule has 0 unspecified atom stereocenters. The Bertz CT molecular complexity index is 425. The fraction of sp³-hybridized carbons (Fsp3) is 0.556. The summed E-state index contributed by atoms with van der Waals surface area (Å²) < 4.78 is 0. The van der Waals surface area contributed by atoms with Gasteiger partial charge in [-0.2, -0.15) is 0 Å². The van der Waals surface area contributed by atoms with Gasteiger partial charge in [-0.3, -0.25) is 9.78 Å². The molecule has 0 aliphatic rings. The van der Waals surface area contributed by atoms with Crippen LogP contribution in [0.5, 0.6) is 0 Å². The van der Waals surface area contributed by atoms with Crippen molar-refractivity contribution in [1.29, 1.82) is 0 Å². The van der Waals surface area contributed by atoms with E-state index in [1.54, 1.807) is 12.3 Å². The molecule has 108 valence electrons. The van der Waals surface area contributed by atoms with Crippen molar-refractivity contribution in [2.45, 2.75) is 64.7 Å². The Balaban J connectivity index is 2.06. The van der Waals surface area contributed by atoms with E-state index in [1.165, 1.54) is 51.4 Å². The number of pyridine rings is 1. The summed E-state index contributed by atoms with van der Waals surface area (Å²) in [5, 5.41) is 0. The number of rotatable bonds is 9. The summed E-state index contributed by atoms with van der Waals surface area (Å²) in [7, 11) is 0. The smallest absolute Gasteiger partial charge is 0.168 e. The second-order valence-electron chi connectivity index (χ2n) is 5.12. The first-order valence-corrected chi connectivity index (χ1v) is 7.77. The summed E-state index contributed by atoms with van der Waals surface area (Å²) >= 11 is 0. The average Bonchev–Trinajstić information content (AvgIpc) is 2.50. The monoisotopic (exact) mass is 271 g/mol. The molecule has 0 aromatic carbocycles. The van der Waals surface area contributed by atoms with Gasteiger partial charge in [-0.15, -0.1) is 0 Å². The summed E-state index contributed by atoms with van der Waals surface area (Å²) in [5.74, 6) is 6.26. The Morgan fingerprint density at radius 3 is 2.35 bits per heavy atom. The predicted octanol–water partition coefficient (Wildman–Crippen LogP) is 4.78. The molecule has 0 atom stereocenters. The van der Waals surface area contributed by atoms with Gasteiger partial charge in [-0.05, 0) is 18.6 Å². The van der Waals surface area contributed by atoms with Crippen LogP contribution in [0, 0.1) is 11.8 Å². The third kappa shape index (κ3) is 7.74. The maximum atomic E-state index is 10.5. The van der Waals surface area contributed by atoms with Crippen LogP contribution in [0.1, 0.15) is 80.8 Å². The van der Waals surface area contributed by atoms with Crippen molar-refractivity contribution in [2.24, 2.45) is 0 Å². The minimum atomic E-state index is 0.457. The number of aldehydes is 1. The summed E-state index contributed by atoms with van der Waals surface area (Å²) in [6, 6.07) is 3.55. The van der Waals surface area contributed by atoms with Crippen LogP contribution in [0.25, 0.3) is 0 Å². The highest BCUT2D eigenvalue weighted by Crippen LogP contribution is 2.09. The number of nitrogens with zero attached hydrogens (tertiary/aromatic N) is 1. The van der Waals surface area contributed by atoms with Gasteiger partial charge < -0.3 is 0 Å². The molecule has 1 aromatic rings. The lowest BCUT2D eigenvalue weighted by Crippen LogP contribution is -1.86. The van der Waals surface area contributed by atoms with Gasteiger partial charge in [0.25, 0.3) is 0 Å². The normalized spacial score (nSPS) is 9.85. The van der Waals surface area contributed by atoms with Crippen molar-refractivity contribution in [3.63, 3.8) is 0 Å². The van der Waals surface area contributed by atoms with Crippen LogP contribution in [0.15, 0.2) is 18.3 Å². The van der Waals surface area contributed by atoms with Gasteiger partial charge in [0.15, 0.2) is 6.29 Å². The molecule has 0 aliphatic heterocycles. The highest BCUT2D eigenvalue weighted by Gasteiger charge is 1.92. The third-order valence-corrected chi connectivity index (χ3v) is 3.30. The van der Waals surface area contributed by atoms with Gasteiger partial charge in [-0.1, -0.05) is 63.7 Å². The second-order valence-corrected chi connectivity index (χ2v) is 5.12. The van der Waals surface area contributed by atoms with Crippen molar-refractivity contribution in [2.75, 3.05) is 0 Å². The molecule has 1 heterocycles. The fourth-order valence-corrected chi connectivity index (χ4v) is 2.06. The molecule has 0 N–H and O–H groups in total. The fourth-order valence-electron chi connectivity index (χ4n) is 2.06. The number of hydrogen-bond donors (Lipinski definition) is 0. The van der Waals surface area contributed by atoms with Crippen molar-refractivity contribution in [3.8, 4) is 11.8 Å². The maximum Gasteiger partial charge on any atom is 0.168 e. The number of aromatic nitrogens is 1. The molecule has 0 saturated heterocycles. The summed E-state index contributed by atoms with van der Waals surface area (Å²) in [4.78, 5) is 14.5. The molecule has 0 bridgehead atoms. The third-order valence-electron chi connectivity index (χ3n) is 3.30. The molecule has 0 radical (unpaired) electrons. The van der Waals surface area contributed by atoms with Crippen LogP contribution >= 0.6 is 0 Å². The molecular formula is C18H25NO. The summed E-state index contributed by atoms with van der Waals surface area (Å²) in [6.07, 6.45) is 14.0. The maximum absolute atomic E-state index is 10.5. The van der Waals surface area contributed by atoms with Crippen molar-refractivity contribution in [3.05, 3.63) is 29.6 Å². The van der Waals surface area contributed by atoms with E-state index in [2.05, 4.69) is 23.7 Å². The molecule has 2 heteroatoms. The van der Waals surface area contributed by atoms with E-state index in [1.807, 2.05) is 6.07 Å². The zero-order valence-electron chi connectivity index (χ0n) is 12.5. The van der Waals surface area contributed by atoms with Gasteiger partial charge in [-0.25, -0.2) is 0 Å². The first-order valence-electron chi connectivity index (χ1n) is 7.77. The van der Waals surface area contributed by atoms with E-state index in [-0.39, 0.29) is 0 Å². The van der Waals surface area contributed by atoms with E-state index < -0.39 is 0 Å². The second kappa shape index (κ2) is 11.2. The van der Waals surface area contributed by atoms with Crippen molar-refractivity contribution < 1.29 is 4.79 Å². The summed E-state index contributed by atoms with van der Waals surface area (Å²) in [5.41, 5.74) is 1.34. The quantitative estimate of drug-likeness (QED) is 0.367. The van der Waals surface area contributed by atoms with Gasteiger partial charge in [0.05, 0.1) is 0 Å². The van der Waals surface area contributed by atoms with Crippen LogP contribution in [-0.4, -0.2) is 11.3 Å². The largest absolute Gasteiger partial charge is 0.296 e. The Labute approximate surface area is 123 Å². The number of unbranched alkanes of at least 4 members (excludes halogenated alkanes) is 8. The van der Waals surface area contributed by atoms with Crippen molar-refractivity contribution >= 4 is 6.29 Å². The first kappa shape index (κ1) is 16.4. The van der Waals surface area contributed by atoms with Gasteiger partial charge in [0.1, 0.15) is 5.69 Å². The minimum Gasteiger partial charge on any atom is -0.296 e. The molecule has 1 rings (SSSR count). The van der Waals surface area contributed by atoms with Gasteiger partial charge in [0.2, 0.25) is 0 Å². The predicted molar refractivity (Wildman–Crippen MR) is 83.7 cm³/mol. The lowest BCUT2D eigenvalue weighted by molar-refractivity contribution is 0.111. The van der Waals surface area contributed by atoms with Crippen LogP contribution in [0.2, 0.25) is 0 Å². The lowest BCUT2D eigenvalue weighted by atomic mass is 10.1. The lowest BCUT2D eigenvalue weighted by Gasteiger charge is -1.99. The van der Waals surface area contributed by atoms with E-state index >= 15 is 0 Å². The van der Waals surface area contributed by atoms with Gasteiger partial charge >= 0.3 is 0 Å². The standard InChI is InChI=1S/C18H25NO/c1-2-3-4-5-6-7-8-9-10-11-12-17-13-14-18(16-20)19-15-17/h13-16H,2-10H2,1H3. The molecule has 2 nitrogen and oxygen atoms in total. The van der Waals surface area contributed by atoms with Crippen LogP contribution in [-0.2, 0) is 0 Å². The van der Waals surface area contributed by atoms with Crippen LogP contribution in [0.3, 0.4) is 0 Å². The Morgan fingerprint density at radius 1 is 1.05 bits per heavy atom. The molecular weight excluding hydrogens is 246 g/mol. The highest BCUT2D eigenvalue weighted by molar-refractivity contribution is 5.71. The minimum absolute atomic E-state index is 0.457. The summed E-state index contributed by atoms with van der Waals surface area (Å²) in [6.45, 7) is 2.25.